The molecule has 1 aliphatic rings. The summed E-state index contributed by atoms with van der Waals surface area (Å²) < 4.78 is 5.26. The third-order valence-electron chi connectivity index (χ3n) is 3.47. The van der Waals surface area contributed by atoms with Gasteiger partial charge < -0.3 is 4.74 Å². The Labute approximate surface area is 112 Å². The lowest BCUT2D eigenvalue weighted by molar-refractivity contribution is -0.144. The maximum atomic E-state index is 11.5. The first-order valence-electron chi connectivity index (χ1n) is 7.61. The highest BCUT2D eigenvalue weighted by Crippen LogP contribution is 2.12. The van der Waals surface area contributed by atoms with E-state index in [1.165, 1.54) is 44.9 Å². The van der Waals surface area contributed by atoms with Gasteiger partial charge in [0.2, 0.25) is 0 Å². The topological polar surface area (TPSA) is 26.3 Å². The Morgan fingerprint density at radius 1 is 1.00 bits per heavy atom. The minimum absolute atomic E-state index is 0.0256. The molecule has 1 aliphatic heterocycles. The molecule has 1 atom stereocenters. The van der Waals surface area contributed by atoms with E-state index in [4.69, 9.17) is 4.74 Å². The van der Waals surface area contributed by atoms with Gasteiger partial charge in [-0.3, -0.25) is 4.79 Å². The fourth-order valence-corrected chi connectivity index (χ4v) is 2.27. The zero-order valence-electron chi connectivity index (χ0n) is 11.8. The second-order valence-corrected chi connectivity index (χ2v) is 5.46. The largest absolute Gasteiger partial charge is 0.465 e. The molecule has 2 nitrogen and oxygen atoms in total. The molecular formula is C16H28O2. The third-order valence-corrected chi connectivity index (χ3v) is 3.47. The Morgan fingerprint density at radius 2 is 1.61 bits per heavy atom. The number of allylic oxidation sites excluding steroid dienone is 1. The second-order valence-electron chi connectivity index (χ2n) is 5.46. The van der Waals surface area contributed by atoms with Crippen LogP contribution >= 0.6 is 0 Å². The molecule has 18 heavy (non-hydrogen) atoms. The highest BCUT2D eigenvalue weighted by Gasteiger charge is 2.05. The number of cyclic esters (lactones) is 1. The number of ether oxygens (including phenoxy) is 1. The molecule has 0 N–H and O–H groups in total. The van der Waals surface area contributed by atoms with Crippen LogP contribution in [0.5, 0.6) is 0 Å². The molecule has 104 valence electrons. The van der Waals surface area contributed by atoms with Gasteiger partial charge in [-0.2, -0.15) is 0 Å². The second kappa shape index (κ2) is 10.2. The number of esters is 1. The molecule has 0 amide bonds. The summed E-state index contributed by atoms with van der Waals surface area (Å²) in [5.74, 6) is 0.323. The predicted octanol–water partition coefficient (Wildman–Crippen LogP) is 4.64. The van der Waals surface area contributed by atoms with Crippen LogP contribution in [0, 0.1) is 5.92 Å². The van der Waals surface area contributed by atoms with Gasteiger partial charge in [0, 0.05) is 12.3 Å². The fourth-order valence-electron chi connectivity index (χ4n) is 2.27. The molecule has 0 spiro atoms. The van der Waals surface area contributed by atoms with Crippen LogP contribution in [0.15, 0.2) is 12.2 Å². The van der Waals surface area contributed by atoms with Crippen molar-refractivity contribution in [2.45, 2.75) is 71.1 Å². The van der Waals surface area contributed by atoms with E-state index in [0.717, 1.165) is 12.8 Å². The number of hydrogen-bond acceptors (Lipinski definition) is 2. The summed E-state index contributed by atoms with van der Waals surface area (Å²) in [7, 11) is 0. The number of carbonyl (C=O) groups is 1. The van der Waals surface area contributed by atoms with Gasteiger partial charge in [0.05, 0.1) is 6.61 Å². The fraction of sp³-hybridized carbons (Fsp3) is 0.812. The van der Waals surface area contributed by atoms with Crippen LogP contribution in [-0.2, 0) is 9.53 Å². The highest BCUT2D eigenvalue weighted by atomic mass is 16.5. The normalized spacial score (nSPS) is 27.4. The summed E-state index contributed by atoms with van der Waals surface area (Å²) in [6.45, 7) is 2.64. The maximum Gasteiger partial charge on any atom is 0.305 e. The molecule has 1 unspecified atom stereocenters. The SMILES string of the molecule is CC1/C=C\CCCCCCCCCCC(=O)OC1. The summed E-state index contributed by atoms with van der Waals surface area (Å²) in [5, 5.41) is 0. The lowest BCUT2D eigenvalue weighted by Crippen LogP contribution is -2.10. The van der Waals surface area contributed by atoms with Crippen molar-refractivity contribution in [3.63, 3.8) is 0 Å². The van der Waals surface area contributed by atoms with E-state index in [2.05, 4.69) is 19.1 Å². The zero-order chi connectivity index (χ0) is 13.1. The summed E-state index contributed by atoms with van der Waals surface area (Å²) in [6, 6.07) is 0. The number of hydrogen-bond donors (Lipinski definition) is 0. The van der Waals surface area contributed by atoms with Crippen molar-refractivity contribution in [3.05, 3.63) is 12.2 Å². The van der Waals surface area contributed by atoms with Crippen molar-refractivity contribution in [3.8, 4) is 0 Å². The molecule has 0 aromatic heterocycles. The van der Waals surface area contributed by atoms with Gasteiger partial charge in [0.15, 0.2) is 0 Å². The van der Waals surface area contributed by atoms with Crippen LogP contribution in [0.1, 0.15) is 71.1 Å². The van der Waals surface area contributed by atoms with Gasteiger partial charge in [-0.05, 0) is 19.3 Å². The van der Waals surface area contributed by atoms with Gasteiger partial charge in [-0.25, -0.2) is 0 Å². The van der Waals surface area contributed by atoms with Crippen molar-refractivity contribution >= 4 is 5.97 Å². The lowest BCUT2D eigenvalue weighted by atomic mass is 10.1. The molecule has 0 aromatic carbocycles. The first kappa shape index (κ1) is 15.3. The van der Waals surface area contributed by atoms with Crippen molar-refractivity contribution in [1.29, 1.82) is 0 Å². The van der Waals surface area contributed by atoms with Crippen LogP contribution in [0.2, 0.25) is 0 Å². The van der Waals surface area contributed by atoms with E-state index in [9.17, 15) is 4.79 Å². The molecule has 2 heteroatoms. The van der Waals surface area contributed by atoms with E-state index in [-0.39, 0.29) is 5.97 Å². The van der Waals surface area contributed by atoms with E-state index in [0.29, 0.717) is 18.9 Å². The third kappa shape index (κ3) is 8.32. The average Bonchev–Trinajstić information content (AvgIpc) is 2.36. The molecule has 0 aliphatic carbocycles. The Balaban J connectivity index is 2.29. The Bertz CT molecular complexity index is 245. The van der Waals surface area contributed by atoms with E-state index >= 15 is 0 Å². The van der Waals surface area contributed by atoms with Crippen LogP contribution in [0.4, 0.5) is 0 Å². The molecule has 1 rings (SSSR count). The van der Waals surface area contributed by atoms with Gasteiger partial charge >= 0.3 is 5.97 Å². The number of rotatable bonds is 0. The van der Waals surface area contributed by atoms with Crippen LogP contribution < -0.4 is 0 Å². The molecule has 0 bridgehead atoms. The lowest BCUT2D eigenvalue weighted by Gasteiger charge is -2.09. The summed E-state index contributed by atoms with van der Waals surface area (Å²) >= 11 is 0. The highest BCUT2D eigenvalue weighted by molar-refractivity contribution is 5.69. The van der Waals surface area contributed by atoms with Crippen molar-refractivity contribution in [1.82, 2.24) is 0 Å². The zero-order valence-corrected chi connectivity index (χ0v) is 11.8. The van der Waals surface area contributed by atoms with Crippen molar-refractivity contribution < 1.29 is 9.53 Å². The van der Waals surface area contributed by atoms with Gasteiger partial charge in [-0.15, -0.1) is 0 Å². The molecule has 1 heterocycles. The Hall–Kier alpha value is -0.790. The standard InChI is InChI=1S/C16H28O2/c1-15-12-10-8-6-4-2-3-5-7-9-11-13-16(17)18-14-15/h10,12,15H,2-9,11,13-14H2,1H3/b12-10-. The number of carbonyl (C=O) groups excluding carboxylic acids is 1. The minimum Gasteiger partial charge on any atom is -0.465 e. The molecular weight excluding hydrogens is 224 g/mol. The monoisotopic (exact) mass is 252 g/mol. The summed E-state index contributed by atoms with van der Waals surface area (Å²) in [5.41, 5.74) is 0. The van der Waals surface area contributed by atoms with Gasteiger partial charge in [0.1, 0.15) is 0 Å². The first-order valence-corrected chi connectivity index (χ1v) is 7.61. The molecule has 0 saturated heterocycles. The average molecular weight is 252 g/mol. The van der Waals surface area contributed by atoms with E-state index in [1.807, 2.05) is 0 Å². The molecule has 0 aromatic rings. The molecule has 0 radical (unpaired) electrons. The van der Waals surface area contributed by atoms with Crippen LogP contribution in [-0.4, -0.2) is 12.6 Å². The Morgan fingerprint density at radius 3 is 2.33 bits per heavy atom. The minimum atomic E-state index is -0.0256. The van der Waals surface area contributed by atoms with E-state index < -0.39 is 0 Å². The van der Waals surface area contributed by atoms with Crippen molar-refractivity contribution in [2.75, 3.05) is 6.61 Å². The molecule has 0 fully saturated rings. The quantitative estimate of drug-likeness (QED) is 0.464. The predicted molar refractivity (Wildman–Crippen MR) is 75.4 cm³/mol. The van der Waals surface area contributed by atoms with Crippen LogP contribution in [0.3, 0.4) is 0 Å². The van der Waals surface area contributed by atoms with Gasteiger partial charge in [0.25, 0.3) is 0 Å². The first-order chi connectivity index (χ1) is 8.79. The summed E-state index contributed by atoms with van der Waals surface area (Å²) in [6.07, 6.45) is 16.3. The summed E-state index contributed by atoms with van der Waals surface area (Å²) in [4.78, 5) is 11.5. The maximum absolute atomic E-state index is 11.5. The van der Waals surface area contributed by atoms with Gasteiger partial charge in [-0.1, -0.05) is 57.6 Å². The van der Waals surface area contributed by atoms with E-state index in [1.54, 1.807) is 0 Å². The van der Waals surface area contributed by atoms with Crippen molar-refractivity contribution in [2.24, 2.45) is 5.92 Å². The smallest absolute Gasteiger partial charge is 0.305 e. The Kier molecular flexibility index (Phi) is 8.62. The molecule has 0 saturated carbocycles. The van der Waals surface area contributed by atoms with Crippen LogP contribution in [0.25, 0.3) is 0 Å².